The van der Waals surface area contributed by atoms with E-state index < -0.39 is 12.2 Å². The Hall–Kier alpha value is -4.66. The number of benzene rings is 3. The van der Waals surface area contributed by atoms with Gasteiger partial charge in [-0.1, -0.05) is 17.7 Å². The van der Waals surface area contributed by atoms with Crippen molar-refractivity contribution in [3.05, 3.63) is 64.8 Å². The van der Waals surface area contributed by atoms with Gasteiger partial charge in [0, 0.05) is 17.3 Å². The van der Waals surface area contributed by atoms with E-state index in [1.165, 1.54) is 17.4 Å². The average Bonchev–Trinajstić information content (AvgIpc) is 3.41. The number of thiazole rings is 1. The highest BCUT2D eigenvalue weighted by Gasteiger charge is 2.30. The van der Waals surface area contributed by atoms with Gasteiger partial charge in [-0.3, -0.25) is 4.90 Å². The highest BCUT2D eigenvalue weighted by molar-refractivity contribution is 7.22. The number of anilines is 1. The third kappa shape index (κ3) is 4.57. The summed E-state index contributed by atoms with van der Waals surface area (Å²) in [6.07, 6.45) is -0.213. The molecule has 2 aromatic heterocycles. The molecule has 0 saturated heterocycles. The second kappa shape index (κ2) is 10.1. The molecule has 1 aliphatic heterocycles. The molecule has 1 aliphatic rings. The van der Waals surface area contributed by atoms with Crippen LogP contribution in [0.2, 0.25) is 5.02 Å². The third-order valence-corrected chi connectivity index (χ3v) is 7.74. The number of carboxylic acid groups (broad SMARTS) is 1. The van der Waals surface area contributed by atoms with E-state index in [9.17, 15) is 15.2 Å². The molecule has 0 saturated carbocycles. The maximum absolute atomic E-state index is 12.0. The molecular weight excluding hydrogens is 554 g/mol. The summed E-state index contributed by atoms with van der Waals surface area (Å²) in [5.74, 6) is 1.32. The van der Waals surface area contributed by atoms with E-state index in [1.54, 1.807) is 37.6 Å². The number of methoxy groups -OCH3 is 1. The van der Waals surface area contributed by atoms with Crippen molar-refractivity contribution >= 4 is 56.0 Å². The van der Waals surface area contributed by atoms with Crippen LogP contribution in [0.25, 0.3) is 31.8 Å². The van der Waals surface area contributed by atoms with Gasteiger partial charge in [0.05, 0.1) is 47.5 Å². The van der Waals surface area contributed by atoms with Gasteiger partial charge < -0.3 is 19.3 Å². The summed E-state index contributed by atoms with van der Waals surface area (Å²) in [4.78, 5) is 27.1. The molecule has 3 heterocycles. The van der Waals surface area contributed by atoms with Crippen LogP contribution in [0.1, 0.15) is 11.1 Å². The lowest BCUT2D eigenvalue weighted by Crippen LogP contribution is -2.43. The van der Waals surface area contributed by atoms with Crippen molar-refractivity contribution in [2.45, 2.75) is 13.0 Å². The van der Waals surface area contributed by atoms with Gasteiger partial charge in [-0.25, -0.2) is 19.7 Å². The van der Waals surface area contributed by atoms with Crippen molar-refractivity contribution in [2.75, 3.05) is 25.2 Å². The Kier molecular flexibility index (Phi) is 6.50. The topological polar surface area (TPSA) is 131 Å². The van der Waals surface area contributed by atoms with E-state index in [1.807, 2.05) is 25.1 Å². The van der Waals surface area contributed by atoms with E-state index in [0.717, 1.165) is 16.0 Å². The number of rotatable bonds is 5. The number of hydrogen-bond acceptors (Lipinski definition) is 9. The molecule has 1 atom stereocenters. The van der Waals surface area contributed by atoms with E-state index >= 15 is 0 Å². The second-order valence-corrected chi connectivity index (χ2v) is 10.5. The number of amides is 1. The summed E-state index contributed by atoms with van der Waals surface area (Å²) >= 11 is 8.04. The number of aryl methyl sites for hydroxylation is 1. The zero-order chi connectivity index (χ0) is 28.0. The molecule has 5 aromatic rings. The molecular formula is C28H20ClN5O5S. The monoisotopic (exact) mass is 573 g/mol. The molecule has 0 unspecified atom stereocenters. The maximum atomic E-state index is 12.0. The number of hydrogen-bond donors (Lipinski definition) is 1. The van der Waals surface area contributed by atoms with Crippen molar-refractivity contribution < 1.29 is 24.1 Å². The number of fused-ring (bicyclic) bond motifs is 4. The number of aromatic nitrogens is 3. The highest BCUT2D eigenvalue weighted by Crippen LogP contribution is 2.47. The Morgan fingerprint density at radius 3 is 2.90 bits per heavy atom. The first-order chi connectivity index (χ1) is 19.3. The van der Waals surface area contributed by atoms with Gasteiger partial charge in [-0.15, -0.1) is 11.3 Å². The number of nitriles is 1. The second-order valence-electron chi connectivity index (χ2n) is 9.08. The van der Waals surface area contributed by atoms with Crippen LogP contribution >= 0.6 is 22.9 Å². The van der Waals surface area contributed by atoms with Crippen LogP contribution in [0.3, 0.4) is 0 Å². The van der Waals surface area contributed by atoms with Gasteiger partial charge in [0.15, 0.2) is 17.6 Å². The van der Waals surface area contributed by atoms with Gasteiger partial charge in [0.2, 0.25) is 5.88 Å². The fourth-order valence-corrected chi connectivity index (χ4v) is 5.96. The van der Waals surface area contributed by atoms with Crippen LogP contribution in [0.4, 0.5) is 10.5 Å². The van der Waals surface area contributed by atoms with Crippen LogP contribution in [0.5, 0.6) is 17.4 Å². The molecule has 0 fully saturated rings. The first kappa shape index (κ1) is 25.6. The fourth-order valence-electron chi connectivity index (χ4n) is 4.57. The molecule has 12 heteroatoms. The van der Waals surface area contributed by atoms with Gasteiger partial charge in [-0.05, 0) is 42.8 Å². The van der Waals surface area contributed by atoms with E-state index in [4.69, 9.17) is 30.8 Å². The molecule has 200 valence electrons. The lowest BCUT2D eigenvalue weighted by atomic mass is 10.1. The van der Waals surface area contributed by atoms with Gasteiger partial charge in [0.25, 0.3) is 0 Å². The molecule has 0 aliphatic carbocycles. The van der Waals surface area contributed by atoms with Crippen molar-refractivity contribution in [1.82, 2.24) is 15.0 Å². The zero-order valence-electron chi connectivity index (χ0n) is 21.2. The lowest BCUT2D eigenvalue weighted by Gasteiger charge is -2.30. The number of nitrogens with zero attached hydrogens (tertiary/aromatic N) is 5. The fraction of sp³-hybridized carbons (Fsp3) is 0.179. The molecule has 10 nitrogen and oxygen atoms in total. The number of ether oxygens (including phenoxy) is 3. The Bertz CT molecular complexity index is 1850. The average molecular weight is 574 g/mol. The normalized spacial score (nSPS) is 14.2. The van der Waals surface area contributed by atoms with Crippen molar-refractivity contribution in [3.8, 4) is 34.0 Å². The van der Waals surface area contributed by atoms with Gasteiger partial charge >= 0.3 is 6.09 Å². The third-order valence-electron chi connectivity index (χ3n) is 6.36. The molecule has 3 aromatic carbocycles. The summed E-state index contributed by atoms with van der Waals surface area (Å²) in [5, 5.41) is 20.1. The van der Waals surface area contributed by atoms with E-state index in [2.05, 4.69) is 9.97 Å². The predicted octanol–water partition coefficient (Wildman–Crippen LogP) is 6.07. The molecule has 0 bridgehead atoms. The first-order valence-electron chi connectivity index (χ1n) is 12.1. The Morgan fingerprint density at radius 2 is 2.12 bits per heavy atom. The minimum absolute atomic E-state index is 0.00926. The minimum Gasteiger partial charge on any atom is -0.484 e. The van der Waals surface area contributed by atoms with Crippen LogP contribution in [0, 0.1) is 18.3 Å². The summed E-state index contributed by atoms with van der Waals surface area (Å²) in [6.45, 7) is 2.07. The van der Waals surface area contributed by atoms with Crippen LogP contribution in [0.15, 0.2) is 48.7 Å². The van der Waals surface area contributed by atoms with Crippen molar-refractivity contribution in [1.29, 1.82) is 5.26 Å². The van der Waals surface area contributed by atoms with Gasteiger partial charge in [0.1, 0.15) is 21.8 Å². The molecule has 1 N–H and O–H groups in total. The maximum Gasteiger partial charge on any atom is 0.411 e. The Balaban J connectivity index is 1.34. The first-order valence-corrected chi connectivity index (χ1v) is 13.3. The van der Waals surface area contributed by atoms with E-state index in [0.29, 0.717) is 59.9 Å². The largest absolute Gasteiger partial charge is 0.484 e. The standard InChI is InChI=1S/C28H20ClN5O5S/c1-14-6-18(23-20(7-14)32-22(37-2)11-31-23)27-33-24-19(29)9-21-25(26(24)40-27)38-13-17(39-21)12-34(28(35)36)16-5-3-4-15(8-16)10-30/h3-9,11,17H,12-13H2,1-2H3,(H,35,36)/t17-/m1/s1. The minimum atomic E-state index is -1.17. The molecule has 1 amide bonds. The Labute approximate surface area is 237 Å². The molecule has 6 rings (SSSR count). The molecule has 0 radical (unpaired) electrons. The van der Waals surface area contributed by atoms with Crippen molar-refractivity contribution in [3.63, 3.8) is 0 Å². The SMILES string of the molecule is COc1cnc2c(-c3nc4c(Cl)cc5c(c4s3)OC[C@@H](CN(C(=O)O)c3cccc(C#N)c3)O5)cc(C)cc2n1. The van der Waals surface area contributed by atoms with E-state index in [-0.39, 0.29) is 13.2 Å². The summed E-state index contributed by atoms with van der Waals surface area (Å²) in [7, 11) is 1.54. The summed E-state index contributed by atoms with van der Waals surface area (Å²) in [5.41, 5.74) is 4.46. The summed E-state index contributed by atoms with van der Waals surface area (Å²) in [6, 6.07) is 14.0. The molecule has 0 spiro atoms. The lowest BCUT2D eigenvalue weighted by molar-refractivity contribution is 0.0962. The van der Waals surface area contributed by atoms with Gasteiger partial charge in [-0.2, -0.15) is 5.26 Å². The quantitative estimate of drug-likeness (QED) is 0.266. The molecule has 40 heavy (non-hydrogen) atoms. The number of carbonyl (C=O) groups is 1. The smallest absolute Gasteiger partial charge is 0.411 e. The number of halogens is 1. The van der Waals surface area contributed by atoms with Crippen molar-refractivity contribution in [2.24, 2.45) is 0 Å². The van der Waals surface area contributed by atoms with Crippen LogP contribution in [-0.4, -0.2) is 52.5 Å². The predicted molar refractivity (Wildman–Crippen MR) is 151 cm³/mol. The highest BCUT2D eigenvalue weighted by atomic mass is 35.5. The van der Waals surface area contributed by atoms with Crippen LogP contribution in [-0.2, 0) is 0 Å². The summed E-state index contributed by atoms with van der Waals surface area (Å²) < 4.78 is 18.2. The Morgan fingerprint density at radius 1 is 1.27 bits per heavy atom. The zero-order valence-corrected chi connectivity index (χ0v) is 22.8. The van der Waals surface area contributed by atoms with Crippen LogP contribution < -0.4 is 19.1 Å².